The molecule has 4 nitrogen and oxygen atoms in total. The molecule has 1 aliphatic rings. The summed E-state index contributed by atoms with van der Waals surface area (Å²) in [5.41, 5.74) is 4.87. The van der Waals surface area contributed by atoms with E-state index in [4.69, 9.17) is 9.47 Å². The molecular weight excluding hydrogens is 228 g/mol. The summed E-state index contributed by atoms with van der Waals surface area (Å²) in [5.74, 6) is 1.54. The summed E-state index contributed by atoms with van der Waals surface area (Å²) >= 11 is 0. The van der Waals surface area contributed by atoms with Crippen LogP contribution in [0.5, 0.6) is 11.5 Å². The summed E-state index contributed by atoms with van der Waals surface area (Å²) < 4.78 is 10.5. The molecule has 0 aromatic heterocycles. The second-order valence-corrected chi connectivity index (χ2v) is 3.85. The maximum Gasteiger partial charge on any atom is 0.231 e. The van der Waals surface area contributed by atoms with Crippen molar-refractivity contribution < 1.29 is 9.47 Å². The van der Waals surface area contributed by atoms with Crippen LogP contribution in [-0.4, -0.2) is 13.0 Å². The molecule has 1 N–H and O–H groups in total. The molecule has 0 unspecified atom stereocenters. The fourth-order valence-corrected chi connectivity index (χ4v) is 1.69. The zero-order valence-corrected chi connectivity index (χ0v) is 9.67. The standard InChI is InChI=1S/C14H12N2O2/c1-2-4-12(5-3-1)16-15-9-11-6-7-13-14(8-11)18-10-17-13/h1-9,16H,10H2. The summed E-state index contributed by atoms with van der Waals surface area (Å²) in [7, 11) is 0. The number of benzene rings is 2. The van der Waals surface area contributed by atoms with Gasteiger partial charge in [-0.2, -0.15) is 5.10 Å². The molecule has 18 heavy (non-hydrogen) atoms. The van der Waals surface area contributed by atoms with E-state index in [1.807, 2.05) is 48.5 Å². The first kappa shape index (κ1) is 10.7. The van der Waals surface area contributed by atoms with Gasteiger partial charge in [0.05, 0.1) is 11.9 Å². The maximum atomic E-state index is 5.30. The summed E-state index contributed by atoms with van der Waals surface area (Å²) in [6.45, 7) is 0.290. The van der Waals surface area contributed by atoms with Crippen molar-refractivity contribution in [3.63, 3.8) is 0 Å². The minimum absolute atomic E-state index is 0.290. The zero-order chi connectivity index (χ0) is 12.2. The normalized spacial score (nSPS) is 12.9. The van der Waals surface area contributed by atoms with Gasteiger partial charge >= 0.3 is 0 Å². The van der Waals surface area contributed by atoms with Gasteiger partial charge in [0.15, 0.2) is 11.5 Å². The molecule has 2 aromatic rings. The van der Waals surface area contributed by atoms with Crippen LogP contribution in [0.1, 0.15) is 5.56 Å². The molecule has 0 fully saturated rings. The monoisotopic (exact) mass is 240 g/mol. The van der Waals surface area contributed by atoms with Crippen molar-refractivity contribution in [3.05, 3.63) is 54.1 Å². The first-order chi connectivity index (χ1) is 8.92. The first-order valence-corrected chi connectivity index (χ1v) is 5.65. The minimum atomic E-state index is 0.290. The van der Waals surface area contributed by atoms with E-state index in [1.54, 1.807) is 6.21 Å². The van der Waals surface area contributed by atoms with E-state index < -0.39 is 0 Å². The molecule has 4 heteroatoms. The van der Waals surface area contributed by atoms with E-state index in [9.17, 15) is 0 Å². The highest BCUT2D eigenvalue weighted by Crippen LogP contribution is 2.31. The van der Waals surface area contributed by atoms with Crippen LogP contribution in [0.15, 0.2) is 53.6 Å². The summed E-state index contributed by atoms with van der Waals surface area (Å²) in [6.07, 6.45) is 1.74. The number of hydrogen-bond acceptors (Lipinski definition) is 4. The van der Waals surface area contributed by atoms with E-state index in [2.05, 4.69) is 10.5 Å². The van der Waals surface area contributed by atoms with Gasteiger partial charge < -0.3 is 9.47 Å². The Morgan fingerprint density at radius 3 is 2.72 bits per heavy atom. The van der Waals surface area contributed by atoms with E-state index in [0.29, 0.717) is 0 Å². The van der Waals surface area contributed by atoms with Gasteiger partial charge in [-0.15, -0.1) is 0 Å². The van der Waals surface area contributed by atoms with Gasteiger partial charge in [0.1, 0.15) is 0 Å². The number of anilines is 1. The average molecular weight is 240 g/mol. The van der Waals surface area contributed by atoms with Gasteiger partial charge in [-0.1, -0.05) is 18.2 Å². The molecule has 0 atom stereocenters. The van der Waals surface area contributed by atoms with E-state index in [-0.39, 0.29) is 6.79 Å². The third-order valence-electron chi connectivity index (χ3n) is 2.58. The van der Waals surface area contributed by atoms with Crippen LogP contribution in [0.3, 0.4) is 0 Å². The lowest BCUT2D eigenvalue weighted by Crippen LogP contribution is -1.93. The smallest absolute Gasteiger partial charge is 0.231 e. The van der Waals surface area contributed by atoms with Crippen LogP contribution in [0.25, 0.3) is 0 Å². The molecule has 90 valence electrons. The molecule has 0 bridgehead atoms. The second kappa shape index (κ2) is 4.79. The molecule has 3 rings (SSSR count). The van der Waals surface area contributed by atoms with Crippen molar-refractivity contribution in [1.29, 1.82) is 0 Å². The predicted molar refractivity (Wildman–Crippen MR) is 70.2 cm³/mol. The van der Waals surface area contributed by atoms with Crippen molar-refractivity contribution in [2.24, 2.45) is 5.10 Å². The highest BCUT2D eigenvalue weighted by molar-refractivity contribution is 5.81. The lowest BCUT2D eigenvalue weighted by Gasteiger charge is -1.99. The molecule has 0 amide bonds. The third kappa shape index (κ3) is 2.27. The second-order valence-electron chi connectivity index (χ2n) is 3.85. The Hall–Kier alpha value is -2.49. The summed E-state index contributed by atoms with van der Waals surface area (Å²) in [5, 5.41) is 4.17. The lowest BCUT2D eigenvalue weighted by molar-refractivity contribution is 0.174. The molecule has 0 aliphatic carbocycles. The van der Waals surface area contributed by atoms with Crippen LogP contribution in [-0.2, 0) is 0 Å². The first-order valence-electron chi connectivity index (χ1n) is 5.65. The van der Waals surface area contributed by atoms with E-state index >= 15 is 0 Å². The predicted octanol–water partition coefficient (Wildman–Crippen LogP) is 2.86. The Morgan fingerprint density at radius 1 is 1.00 bits per heavy atom. The van der Waals surface area contributed by atoms with Crippen LogP contribution in [0.2, 0.25) is 0 Å². The van der Waals surface area contributed by atoms with Gasteiger partial charge in [0.25, 0.3) is 0 Å². The maximum absolute atomic E-state index is 5.30. The molecule has 1 aliphatic heterocycles. The van der Waals surface area contributed by atoms with Crippen LogP contribution in [0.4, 0.5) is 5.69 Å². The SMILES string of the molecule is C(=NNc1ccccc1)c1ccc2c(c1)OCO2. The van der Waals surface area contributed by atoms with Crippen molar-refractivity contribution in [2.45, 2.75) is 0 Å². The Balaban J connectivity index is 1.69. The Labute approximate surface area is 105 Å². The number of hydrogen-bond donors (Lipinski definition) is 1. The third-order valence-corrected chi connectivity index (χ3v) is 2.58. The number of fused-ring (bicyclic) bond motifs is 1. The molecule has 0 spiro atoms. The molecule has 0 saturated carbocycles. The number of nitrogens with zero attached hydrogens (tertiary/aromatic N) is 1. The van der Waals surface area contributed by atoms with Gasteiger partial charge in [0.2, 0.25) is 6.79 Å². The lowest BCUT2D eigenvalue weighted by atomic mass is 10.2. The number of para-hydroxylation sites is 1. The van der Waals surface area contributed by atoms with Crippen LogP contribution < -0.4 is 14.9 Å². The highest BCUT2D eigenvalue weighted by Gasteiger charge is 2.12. The number of nitrogens with one attached hydrogen (secondary N) is 1. The molecular formula is C14H12N2O2. The largest absolute Gasteiger partial charge is 0.454 e. The quantitative estimate of drug-likeness (QED) is 0.662. The molecule has 0 radical (unpaired) electrons. The number of hydrazone groups is 1. The summed E-state index contributed by atoms with van der Waals surface area (Å²) in [4.78, 5) is 0. The Kier molecular flexibility index (Phi) is 2.84. The van der Waals surface area contributed by atoms with E-state index in [1.165, 1.54) is 0 Å². The fraction of sp³-hybridized carbons (Fsp3) is 0.0714. The van der Waals surface area contributed by atoms with Crippen molar-refractivity contribution in [3.8, 4) is 11.5 Å². The number of rotatable bonds is 3. The topological polar surface area (TPSA) is 42.9 Å². The fourth-order valence-electron chi connectivity index (χ4n) is 1.69. The van der Waals surface area contributed by atoms with Crippen molar-refractivity contribution >= 4 is 11.9 Å². The minimum Gasteiger partial charge on any atom is -0.454 e. The zero-order valence-electron chi connectivity index (χ0n) is 9.67. The van der Waals surface area contributed by atoms with Crippen molar-refractivity contribution in [2.75, 3.05) is 12.2 Å². The molecule has 2 aromatic carbocycles. The van der Waals surface area contributed by atoms with E-state index in [0.717, 1.165) is 22.7 Å². The van der Waals surface area contributed by atoms with Crippen LogP contribution in [0, 0.1) is 0 Å². The van der Waals surface area contributed by atoms with Gasteiger partial charge in [0, 0.05) is 0 Å². The highest BCUT2D eigenvalue weighted by atomic mass is 16.7. The average Bonchev–Trinajstić information content (AvgIpc) is 2.87. The van der Waals surface area contributed by atoms with Crippen LogP contribution >= 0.6 is 0 Å². The van der Waals surface area contributed by atoms with Crippen molar-refractivity contribution in [1.82, 2.24) is 0 Å². The number of ether oxygens (including phenoxy) is 2. The van der Waals surface area contributed by atoms with Gasteiger partial charge in [-0.3, -0.25) is 5.43 Å². The van der Waals surface area contributed by atoms with Gasteiger partial charge in [-0.05, 0) is 35.9 Å². The summed E-state index contributed by atoms with van der Waals surface area (Å²) in [6, 6.07) is 15.5. The molecule has 0 saturated heterocycles. The Bertz CT molecular complexity index is 567. The van der Waals surface area contributed by atoms with Gasteiger partial charge in [-0.25, -0.2) is 0 Å². The molecule has 1 heterocycles. The Morgan fingerprint density at radius 2 is 1.83 bits per heavy atom.